The van der Waals surface area contributed by atoms with Crippen molar-refractivity contribution < 1.29 is 9.59 Å². The number of anilines is 1. The summed E-state index contributed by atoms with van der Waals surface area (Å²) in [5, 5.41) is 4.17. The minimum atomic E-state index is -0.115. The van der Waals surface area contributed by atoms with Crippen LogP contribution in [-0.2, 0) is 0 Å². The first-order valence-electron chi connectivity index (χ1n) is 9.91. The third-order valence-corrected chi connectivity index (χ3v) is 7.79. The Bertz CT molecular complexity index is 1250. The molecule has 2 aromatic heterocycles. The lowest BCUT2D eigenvalue weighted by Gasteiger charge is -2.34. The van der Waals surface area contributed by atoms with Crippen molar-refractivity contribution in [2.45, 2.75) is 6.92 Å². The summed E-state index contributed by atoms with van der Waals surface area (Å²) in [6.45, 7) is 4.16. The van der Waals surface area contributed by atoms with Crippen LogP contribution in [0.3, 0.4) is 0 Å². The van der Waals surface area contributed by atoms with E-state index in [-0.39, 0.29) is 11.9 Å². The van der Waals surface area contributed by atoms with Gasteiger partial charge in [0.1, 0.15) is 0 Å². The molecule has 4 aromatic rings. The zero-order valence-corrected chi connectivity index (χ0v) is 18.2. The Morgan fingerprint density at radius 2 is 1.63 bits per heavy atom. The molecule has 0 saturated carbocycles. The van der Waals surface area contributed by atoms with Gasteiger partial charge in [0, 0.05) is 46.7 Å². The van der Waals surface area contributed by atoms with Crippen LogP contribution in [0.1, 0.15) is 15.2 Å². The van der Waals surface area contributed by atoms with E-state index in [4.69, 9.17) is 0 Å². The molecule has 0 bridgehead atoms. The van der Waals surface area contributed by atoms with Crippen molar-refractivity contribution in [2.75, 3.05) is 31.5 Å². The smallest absolute Gasteiger partial charge is 0.321 e. The third kappa shape index (κ3) is 3.55. The van der Waals surface area contributed by atoms with E-state index in [2.05, 4.69) is 17.4 Å². The maximum absolute atomic E-state index is 13.0. The Kier molecular flexibility index (Phi) is 4.92. The number of aryl methyl sites for hydroxylation is 1. The number of hydrogen-bond donors (Lipinski definition) is 1. The van der Waals surface area contributed by atoms with Crippen LogP contribution in [0.25, 0.3) is 19.5 Å². The average Bonchev–Trinajstić information content (AvgIpc) is 3.31. The second-order valence-corrected chi connectivity index (χ2v) is 9.62. The van der Waals surface area contributed by atoms with Gasteiger partial charge in [-0.2, -0.15) is 0 Å². The second kappa shape index (κ2) is 7.74. The van der Waals surface area contributed by atoms with Crippen LogP contribution in [-0.4, -0.2) is 47.9 Å². The highest BCUT2D eigenvalue weighted by atomic mass is 32.1. The number of nitrogens with one attached hydrogen (secondary N) is 1. The van der Waals surface area contributed by atoms with Gasteiger partial charge >= 0.3 is 6.03 Å². The lowest BCUT2D eigenvalue weighted by molar-refractivity contribution is 0.0676. The number of fused-ring (bicyclic) bond motifs is 3. The molecule has 0 radical (unpaired) electrons. The molecule has 30 heavy (non-hydrogen) atoms. The highest BCUT2D eigenvalue weighted by molar-refractivity contribution is 7.33. The Hall–Kier alpha value is -2.90. The summed E-state index contributed by atoms with van der Waals surface area (Å²) in [5.74, 6) is 0.0613. The number of piperazine rings is 1. The number of carbonyl (C=O) groups excluding carboxylic acids is 2. The molecular formula is C23H21N3O2S2. The maximum atomic E-state index is 13.0. The van der Waals surface area contributed by atoms with Gasteiger partial charge in [0.2, 0.25) is 0 Å². The third-order valence-electron chi connectivity index (χ3n) is 5.38. The Morgan fingerprint density at radius 1 is 0.867 bits per heavy atom. The van der Waals surface area contributed by atoms with Crippen molar-refractivity contribution >= 4 is 59.8 Å². The van der Waals surface area contributed by atoms with Crippen LogP contribution in [0.5, 0.6) is 0 Å². The number of carbonyl (C=O) groups is 2. The number of thiophene rings is 2. The molecule has 3 amide bonds. The average molecular weight is 436 g/mol. The summed E-state index contributed by atoms with van der Waals surface area (Å²) in [6.07, 6.45) is 0. The number of urea groups is 1. The van der Waals surface area contributed by atoms with Gasteiger partial charge < -0.3 is 15.1 Å². The summed E-state index contributed by atoms with van der Waals surface area (Å²) in [5.41, 5.74) is 1.90. The summed E-state index contributed by atoms with van der Waals surface area (Å²) in [6, 6.07) is 18.0. The van der Waals surface area contributed by atoms with Crippen molar-refractivity contribution in [1.29, 1.82) is 0 Å². The fourth-order valence-electron chi connectivity index (χ4n) is 3.80. The minimum absolute atomic E-state index is 0.0613. The van der Waals surface area contributed by atoms with Crippen LogP contribution in [0.15, 0.2) is 54.6 Å². The van der Waals surface area contributed by atoms with E-state index in [0.29, 0.717) is 26.2 Å². The molecule has 1 aliphatic heterocycles. The molecule has 2 aromatic carbocycles. The van der Waals surface area contributed by atoms with Gasteiger partial charge in [-0.25, -0.2) is 4.79 Å². The molecule has 5 nitrogen and oxygen atoms in total. The molecule has 5 rings (SSSR count). The topological polar surface area (TPSA) is 52.7 Å². The zero-order valence-electron chi connectivity index (χ0n) is 16.6. The Labute approximate surface area is 182 Å². The zero-order chi connectivity index (χ0) is 20.7. The fourth-order valence-corrected chi connectivity index (χ4v) is 6.29. The molecule has 1 N–H and O–H groups in total. The lowest BCUT2D eigenvalue weighted by atomic mass is 10.2. The van der Waals surface area contributed by atoms with E-state index < -0.39 is 0 Å². The summed E-state index contributed by atoms with van der Waals surface area (Å²) in [4.78, 5) is 30.0. The highest BCUT2D eigenvalue weighted by Crippen LogP contribution is 2.39. The standard InChI is InChI=1S/C23H21N3O2S2/c1-15-5-4-6-16(13-15)24-23(28)26-11-9-25(10-12-26)22(27)20-14-19-21(30-20)17-7-2-3-8-18(17)29-19/h2-8,13-14H,9-12H2,1H3,(H,24,28). The molecule has 1 saturated heterocycles. The van der Waals surface area contributed by atoms with E-state index >= 15 is 0 Å². The minimum Gasteiger partial charge on any atom is -0.334 e. The van der Waals surface area contributed by atoms with E-state index in [9.17, 15) is 9.59 Å². The second-order valence-electron chi connectivity index (χ2n) is 7.48. The number of hydrogen-bond acceptors (Lipinski definition) is 4. The molecule has 1 fully saturated rings. The first-order chi connectivity index (χ1) is 14.6. The molecule has 7 heteroatoms. The quantitative estimate of drug-likeness (QED) is 0.457. The predicted octanol–water partition coefficient (Wildman–Crippen LogP) is 5.41. The number of nitrogens with zero attached hydrogens (tertiary/aromatic N) is 2. The lowest BCUT2D eigenvalue weighted by Crippen LogP contribution is -2.51. The van der Waals surface area contributed by atoms with Gasteiger partial charge in [-0.3, -0.25) is 4.79 Å². The molecule has 3 heterocycles. The van der Waals surface area contributed by atoms with E-state index in [1.807, 2.05) is 54.3 Å². The van der Waals surface area contributed by atoms with Gasteiger partial charge in [-0.1, -0.05) is 30.3 Å². The Morgan fingerprint density at radius 3 is 2.43 bits per heavy atom. The summed E-state index contributed by atoms with van der Waals surface area (Å²) < 4.78 is 3.61. The first-order valence-corrected chi connectivity index (χ1v) is 11.5. The normalized spacial score (nSPS) is 14.4. The van der Waals surface area contributed by atoms with Crippen LogP contribution in [0.2, 0.25) is 0 Å². The number of benzene rings is 2. The van der Waals surface area contributed by atoms with Crippen molar-refractivity contribution in [2.24, 2.45) is 0 Å². The highest BCUT2D eigenvalue weighted by Gasteiger charge is 2.26. The largest absolute Gasteiger partial charge is 0.334 e. The van der Waals surface area contributed by atoms with E-state index in [1.165, 1.54) is 19.5 Å². The van der Waals surface area contributed by atoms with Crippen LogP contribution < -0.4 is 5.32 Å². The molecule has 0 spiro atoms. The van der Waals surface area contributed by atoms with E-state index in [0.717, 1.165) is 16.1 Å². The van der Waals surface area contributed by atoms with Gasteiger partial charge in [-0.05, 0) is 36.8 Å². The Balaban J connectivity index is 1.24. The molecule has 0 aliphatic carbocycles. The summed E-state index contributed by atoms with van der Waals surface area (Å²) in [7, 11) is 0. The molecule has 152 valence electrons. The summed E-state index contributed by atoms with van der Waals surface area (Å²) >= 11 is 3.30. The van der Waals surface area contributed by atoms with Gasteiger partial charge in [0.05, 0.1) is 9.58 Å². The van der Waals surface area contributed by atoms with Crippen LogP contribution in [0, 0.1) is 6.92 Å². The first kappa shape index (κ1) is 19.1. The van der Waals surface area contributed by atoms with Crippen molar-refractivity contribution in [3.8, 4) is 0 Å². The van der Waals surface area contributed by atoms with Gasteiger partial charge in [0.25, 0.3) is 5.91 Å². The van der Waals surface area contributed by atoms with Gasteiger partial charge in [-0.15, -0.1) is 22.7 Å². The molecule has 1 aliphatic rings. The molecular weight excluding hydrogens is 414 g/mol. The van der Waals surface area contributed by atoms with Crippen molar-refractivity contribution in [3.63, 3.8) is 0 Å². The SMILES string of the molecule is Cc1cccc(NC(=O)N2CCN(C(=O)c3cc4sc5ccccc5c4s3)CC2)c1. The van der Waals surface area contributed by atoms with E-state index in [1.54, 1.807) is 27.6 Å². The number of rotatable bonds is 2. The molecule has 0 atom stereocenters. The van der Waals surface area contributed by atoms with Gasteiger partial charge in [0.15, 0.2) is 0 Å². The van der Waals surface area contributed by atoms with Crippen molar-refractivity contribution in [1.82, 2.24) is 9.80 Å². The maximum Gasteiger partial charge on any atom is 0.321 e. The fraction of sp³-hybridized carbons (Fsp3) is 0.217. The monoisotopic (exact) mass is 435 g/mol. The van der Waals surface area contributed by atoms with Crippen LogP contribution in [0.4, 0.5) is 10.5 Å². The van der Waals surface area contributed by atoms with Crippen molar-refractivity contribution in [3.05, 3.63) is 65.0 Å². The van der Waals surface area contributed by atoms with Crippen LogP contribution >= 0.6 is 22.7 Å². The number of amides is 3. The predicted molar refractivity (Wildman–Crippen MR) is 125 cm³/mol. The molecule has 0 unspecified atom stereocenters.